The van der Waals surface area contributed by atoms with Crippen LogP contribution in [0.15, 0.2) is 18.7 Å². The van der Waals surface area contributed by atoms with Gasteiger partial charge >= 0.3 is 0 Å². The van der Waals surface area contributed by atoms with Crippen molar-refractivity contribution in [2.45, 2.75) is 20.4 Å². The van der Waals surface area contributed by atoms with E-state index in [9.17, 15) is 0 Å². The van der Waals surface area contributed by atoms with Gasteiger partial charge < -0.3 is 20.5 Å². The first-order chi connectivity index (χ1) is 9.72. The molecule has 2 aromatic rings. The molecular formula is C12H20N8. The Hall–Kier alpha value is -2.38. The van der Waals surface area contributed by atoms with Gasteiger partial charge in [0, 0.05) is 38.6 Å². The van der Waals surface area contributed by atoms with Crippen molar-refractivity contribution in [3.05, 3.63) is 18.7 Å². The van der Waals surface area contributed by atoms with E-state index < -0.39 is 0 Å². The maximum atomic E-state index is 5.73. The Morgan fingerprint density at radius 1 is 1.25 bits per heavy atom. The summed E-state index contributed by atoms with van der Waals surface area (Å²) in [7, 11) is 0. The van der Waals surface area contributed by atoms with Gasteiger partial charge in [0.2, 0.25) is 17.8 Å². The third-order valence-electron chi connectivity index (χ3n) is 2.90. The number of imidazole rings is 1. The van der Waals surface area contributed by atoms with E-state index in [1.165, 1.54) is 0 Å². The molecule has 0 unspecified atom stereocenters. The molecule has 0 aliphatic carbocycles. The van der Waals surface area contributed by atoms with E-state index in [2.05, 4.69) is 39.1 Å². The number of nitrogens with one attached hydrogen (secondary N) is 1. The van der Waals surface area contributed by atoms with Gasteiger partial charge in [0.05, 0.1) is 6.33 Å². The van der Waals surface area contributed by atoms with Gasteiger partial charge in [-0.25, -0.2) is 4.98 Å². The van der Waals surface area contributed by atoms with Crippen LogP contribution >= 0.6 is 0 Å². The predicted molar refractivity (Wildman–Crippen MR) is 78.5 cm³/mol. The number of anilines is 3. The lowest BCUT2D eigenvalue weighted by molar-refractivity contribution is 0.721. The van der Waals surface area contributed by atoms with E-state index in [4.69, 9.17) is 5.73 Å². The average molecular weight is 276 g/mol. The maximum Gasteiger partial charge on any atom is 0.231 e. The van der Waals surface area contributed by atoms with Gasteiger partial charge in [-0.2, -0.15) is 15.0 Å². The van der Waals surface area contributed by atoms with Crippen molar-refractivity contribution in [3.63, 3.8) is 0 Å². The second-order valence-electron chi connectivity index (χ2n) is 4.22. The molecule has 0 aliphatic rings. The van der Waals surface area contributed by atoms with Crippen molar-refractivity contribution < 1.29 is 0 Å². The lowest BCUT2D eigenvalue weighted by Crippen LogP contribution is -2.25. The van der Waals surface area contributed by atoms with E-state index in [1.54, 1.807) is 12.5 Å². The summed E-state index contributed by atoms with van der Waals surface area (Å²) in [6.45, 7) is 7.23. The van der Waals surface area contributed by atoms with Crippen molar-refractivity contribution >= 4 is 17.8 Å². The largest absolute Gasteiger partial charge is 0.368 e. The van der Waals surface area contributed by atoms with Crippen LogP contribution < -0.4 is 16.0 Å². The molecule has 0 radical (unpaired) electrons. The minimum Gasteiger partial charge on any atom is -0.368 e. The molecule has 0 saturated heterocycles. The number of nitrogens with two attached hydrogens (primary N) is 1. The lowest BCUT2D eigenvalue weighted by atomic mass is 10.5. The van der Waals surface area contributed by atoms with Gasteiger partial charge in [-0.3, -0.25) is 0 Å². The molecule has 0 spiro atoms. The lowest BCUT2D eigenvalue weighted by Gasteiger charge is -2.19. The first-order valence-corrected chi connectivity index (χ1v) is 6.69. The normalized spacial score (nSPS) is 10.5. The highest BCUT2D eigenvalue weighted by Crippen LogP contribution is 2.11. The molecule has 108 valence electrons. The molecule has 0 saturated carbocycles. The zero-order valence-corrected chi connectivity index (χ0v) is 11.8. The van der Waals surface area contributed by atoms with Crippen molar-refractivity contribution in [2.24, 2.45) is 0 Å². The topological polar surface area (TPSA) is 97.8 Å². The Kier molecular flexibility index (Phi) is 4.70. The van der Waals surface area contributed by atoms with E-state index in [-0.39, 0.29) is 5.95 Å². The zero-order valence-electron chi connectivity index (χ0n) is 11.8. The minimum absolute atomic E-state index is 0.229. The first-order valence-electron chi connectivity index (χ1n) is 6.69. The Bertz CT molecular complexity index is 520. The summed E-state index contributed by atoms with van der Waals surface area (Å²) in [6, 6.07) is 0. The molecule has 0 amide bonds. The molecule has 2 rings (SSSR count). The van der Waals surface area contributed by atoms with Crippen LogP contribution in [0.2, 0.25) is 0 Å². The maximum absolute atomic E-state index is 5.73. The van der Waals surface area contributed by atoms with Crippen LogP contribution in [0.3, 0.4) is 0 Å². The highest BCUT2D eigenvalue weighted by Gasteiger charge is 2.09. The van der Waals surface area contributed by atoms with E-state index >= 15 is 0 Å². The molecule has 8 nitrogen and oxygen atoms in total. The molecule has 2 aromatic heterocycles. The van der Waals surface area contributed by atoms with Crippen LogP contribution in [0.25, 0.3) is 0 Å². The Labute approximate surface area is 118 Å². The SMILES string of the molecule is CCN(CC)c1nc(N)nc(NCCn2ccnc2)n1. The summed E-state index contributed by atoms with van der Waals surface area (Å²) >= 11 is 0. The Balaban J connectivity index is 2.00. The van der Waals surface area contributed by atoms with E-state index in [0.717, 1.165) is 19.6 Å². The predicted octanol–water partition coefficient (Wildman–Crippen LogP) is 0.609. The third kappa shape index (κ3) is 3.56. The van der Waals surface area contributed by atoms with Crippen LogP contribution in [0.1, 0.15) is 13.8 Å². The molecule has 3 N–H and O–H groups in total. The molecule has 0 aromatic carbocycles. The van der Waals surface area contributed by atoms with E-state index in [0.29, 0.717) is 18.4 Å². The van der Waals surface area contributed by atoms with Crippen LogP contribution in [0, 0.1) is 0 Å². The molecular weight excluding hydrogens is 256 g/mol. The van der Waals surface area contributed by atoms with Gasteiger partial charge in [-0.15, -0.1) is 0 Å². The van der Waals surface area contributed by atoms with Gasteiger partial charge in [0.15, 0.2) is 0 Å². The standard InChI is InChI=1S/C12H20N8/c1-3-20(4-2)12-17-10(13)16-11(18-12)15-6-8-19-7-5-14-9-19/h5,7,9H,3-4,6,8H2,1-2H3,(H3,13,15,16,17,18). The number of nitrogens with zero attached hydrogens (tertiary/aromatic N) is 6. The van der Waals surface area contributed by atoms with Crippen LogP contribution in [0.4, 0.5) is 17.8 Å². The van der Waals surface area contributed by atoms with Crippen molar-refractivity contribution in [2.75, 3.05) is 35.6 Å². The first kappa shape index (κ1) is 14.0. The Morgan fingerprint density at radius 2 is 2.05 bits per heavy atom. The van der Waals surface area contributed by atoms with Crippen LogP contribution in [0.5, 0.6) is 0 Å². The summed E-state index contributed by atoms with van der Waals surface area (Å²) in [6.07, 6.45) is 5.43. The van der Waals surface area contributed by atoms with Crippen molar-refractivity contribution in [1.29, 1.82) is 0 Å². The fourth-order valence-electron chi connectivity index (χ4n) is 1.82. The quantitative estimate of drug-likeness (QED) is 0.764. The van der Waals surface area contributed by atoms with Gasteiger partial charge in [-0.1, -0.05) is 0 Å². The molecule has 0 aliphatic heterocycles. The summed E-state index contributed by atoms with van der Waals surface area (Å²) in [5, 5.41) is 3.15. The molecule has 8 heteroatoms. The summed E-state index contributed by atoms with van der Waals surface area (Å²) in [5.41, 5.74) is 5.73. The summed E-state index contributed by atoms with van der Waals surface area (Å²) < 4.78 is 1.98. The molecule has 0 fully saturated rings. The number of rotatable bonds is 7. The van der Waals surface area contributed by atoms with Crippen molar-refractivity contribution in [1.82, 2.24) is 24.5 Å². The number of hydrogen-bond acceptors (Lipinski definition) is 7. The number of aromatic nitrogens is 5. The fraction of sp³-hybridized carbons (Fsp3) is 0.500. The Morgan fingerprint density at radius 3 is 2.70 bits per heavy atom. The van der Waals surface area contributed by atoms with Crippen LogP contribution in [-0.2, 0) is 6.54 Å². The number of nitrogen functional groups attached to an aromatic ring is 1. The minimum atomic E-state index is 0.229. The van der Waals surface area contributed by atoms with Gasteiger partial charge in [0.25, 0.3) is 0 Å². The highest BCUT2D eigenvalue weighted by atomic mass is 15.3. The zero-order chi connectivity index (χ0) is 14.4. The molecule has 2 heterocycles. The molecule has 0 bridgehead atoms. The van der Waals surface area contributed by atoms with E-state index in [1.807, 2.05) is 15.7 Å². The summed E-state index contributed by atoms with van der Waals surface area (Å²) in [5.74, 6) is 1.33. The fourth-order valence-corrected chi connectivity index (χ4v) is 1.82. The number of hydrogen-bond donors (Lipinski definition) is 2. The third-order valence-corrected chi connectivity index (χ3v) is 2.90. The molecule has 0 atom stereocenters. The average Bonchev–Trinajstić information content (AvgIpc) is 2.93. The van der Waals surface area contributed by atoms with Crippen molar-refractivity contribution in [3.8, 4) is 0 Å². The highest BCUT2D eigenvalue weighted by molar-refractivity contribution is 5.41. The smallest absolute Gasteiger partial charge is 0.231 e. The summed E-state index contributed by atoms with van der Waals surface area (Å²) in [4.78, 5) is 18.7. The molecule has 20 heavy (non-hydrogen) atoms. The second-order valence-corrected chi connectivity index (χ2v) is 4.22. The van der Waals surface area contributed by atoms with Gasteiger partial charge in [-0.05, 0) is 13.8 Å². The van der Waals surface area contributed by atoms with Gasteiger partial charge in [0.1, 0.15) is 0 Å². The second kappa shape index (κ2) is 6.69. The monoisotopic (exact) mass is 276 g/mol. The van der Waals surface area contributed by atoms with Crippen LogP contribution in [-0.4, -0.2) is 44.1 Å².